The Bertz CT molecular complexity index is 1100. The van der Waals surface area contributed by atoms with Crippen molar-refractivity contribution in [2.45, 2.75) is 77.5 Å². The number of hydrogen-bond donors (Lipinski definition) is 1. The summed E-state index contributed by atoms with van der Waals surface area (Å²) in [5.41, 5.74) is 1.11. The molecule has 11 heteroatoms. The van der Waals surface area contributed by atoms with Crippen molar-refractivity contribution in [3.05, 3.63) is 47.5 Å². The molecule has 0 bridgehead atoms. The van der Waals surface area contributed by atoms with E-state index in [1.54, 1.807) is 23.7 Å². The molecule has 0 spiro atoms. The third kappa shape index (κ3) is 9.06. The van der Waals surface area contributed by atoms with Gasteiger partial charge in [-0.25, -0.2) is 27.6 Å². The molecule has 1 aromatic heterocycles. The summed E-state index contributed by atoms with van der Waals surface area (Å²) in [4.78, 5) is 21.0. The number of nitrogens with zero attached hydrogens (tertiary/aromatic N) is 5. The highest BCUT2D eigenvalue weighted by Crippen LogP contribution is 2.23. The maximum Gasteiger partial charge on any atom is 0.410 e. The van der Waals surface area contributed by atoms with Crippen LogP contribution in [0.2, 0.25) is 0 Å². The van der Waals surface area contributed by atoms with Crippen molar-refractivity contribution >= 4 is 16.1 Å². The molecule has 1 amide bonds. The second-order valence-electron chi connectivity index (χ2n) is 10.0. The van der Waals surface area contributed by atoms with Crippen molar-refractivity contribution in [2.24, 2.45) is 7.05 Å². The first-order valence-corrected chi connectivity index (χ1v) is 15.4. The van der Waals surface area contributed by atoms with Gasteiger partial charge >= 0.3 is 6.09 Å². The van der Waals surface area contributed by atoms with Gasteiger partial charge in [0.25, 0.3) is 0 Å². The van der Waals surface area contributed by atoms with Gasteiger partial charge in [0.2, 0.25) is 10.0 Å². The van der Waals surface area contributed by atoms with Gasteiger partial charge in [-0.1, -0.05) is 57.0 Å². The standard InChI is InChI=1S/C27H44N6O4S/c1-5-33(6-2)19-12-20-38(35,36)30-24(18-17-22-13-8-7-9-14-22)26-28-25(32(4)29-26)21-37-27(34)31(3)23-15-10-11-16-23/h7-9,13-14,23-24,30H,5-6,10-12,15-21H2,1-4H3/t24-/m1/s1. The smallest absolute Gasteiger partial charge is 0.410 e. The maximum atomic E-state index is 13.0. The first-order chi connectivity index (χ1) is 18.2. The number of hydrogen-bond acceptors (Lipinski definition) is 7. The van der Waals surface area contributed by atoms with Crippen LogP contribution < -0.4 is 4.72 Å². The number of benzene rings is 1. The minimum Gasteiger partial charge on any atom is -0.441 e. The van der Waals surface area contributed by atoms with Crippen molar-refractivity contribution in [1.29, 1.82) is 0 Å². The Labute approximate surface area is 227 Å². The fourth-order valence-electron chi connectivity index (χ4n) is 4.87. The lowest BCUT2D eigenvalue weighted by Crippen LogP contribution is -2.35. The van der Waals surface area contributed by atoms with E-state index in [4.69, 9.17) is 4.74 Å². The number of aryl methyl sites for hydroxylation is 2. The molecule has 1 heterocycles. The predicted octanol–water partition coefficient (Wildman–Crippen LogP) is 3.65. The summed E-state index contributed by atoms with van der Waals surface area (Å²) in [5.74, 6) is 0.889. The van der Waals surface area contributed by atoms with E-state index >= 15 is 0 Å². The Morgan fingerprint density at radius 2 is 1.87 bits per heavy atom. The van der Waals surface area contributed by atoms with Crippen molar-refractivity contribution in [2.75, 3.05) is 32.4 Å². The molecular formula is C27H44N6O4S. The van der Waals surface area contributed by atoms with Gasteiger partial charge in [-0.3, -0.25) is 0 Å². The van der Waals surface area contributed by atoms with Crippen LogP contribution >= 0.6 is 0 Å². The molecular weight excluding hydrogens is 504 g/mol. The molecule has 1 aliphatic carbocycles. The van der Waals surface area contributed by atoms with Crippen LogP contribution in [0.5, 0.6) is 0 Å². The third-order valence-electron chi connectivity index (χ3n) is 7.33. The Balaban J connectivity index is 1.67. The predicted molar refractivity (Wildman–Crippen MR) is 148 cm³/mol. The Kier molecular flexibility index (Phi) is 11.5. The van der Waals surface area contributed by atoms with Crippen LogP contribution in [0.3, 0.4) is 0 Å². The van der Waals surface area contributed by atoms with Gasteiger partial charge in [-0.05, 0) is 57.3 Å². The Morgan fingerprint density at radius 3 is 2.53 bits per heavy atom. The van der Waals surface area contributed by atoms with Crippen LogP contribution in [0.4, 0.5) is 4.79 Å². The molecule has 2 aromatic rings. The molecule has 1 aliphatic rings. The van der Waals surface area contributed by atoms with Crippen LogP contribution in [0.15, 0.2) is 30.3 Å². The second kappa shape index (κ2) is 14.6. The molecule has 0 unspecified atom stereocenters. The zero-order valence-electron chi connectivity index (χ0n) is 23.3. The molecule has 10 nitrogen and oxygen atoms in total. The molecule has 1 N–H and O–H groups in total. The SMILES string of the molecule is CCN(CC)CCCS(=O)(=O)N[C@H](CCc1ccccc1)c1nc(COC(=O)N(C)C2CCCC2)n(C)n1. The molecule has 0 radical (unpaired) electrons. The minimum absolute atomic E-state index is 0.0264. The van der Waals surface area contributed by atoms with Gasteiger partial charge in [0.15, 0.2) is 18.3 Å². The van der Waals surface area contributed by atoms with Crippen molar-refractivity contribution in [3.63, 3.8) is 0 Å². The Hall–Kier alpha value is -2.50. The van der Waals surface area contributed by atoms with Crippen LogP contribution in [0, 0.1) is 0 Å². The lowest BCUT2D eigenvalue weighted by molar-refractivity contribution is 0.0886. The first kappa shape index (κ1) is 30.0. The molecule has 1 atom stereocenters. The highest BCUT2D eigenvalue weighted by molar-refractivity contribution is 7.89. The summed E-state index contributed by atoms with van der Waals surface area (Å²) in [6, 6.07) is 9.56. The molecule has 1 saturated carbocycles. The Morgan fingerprint density at radius 1 is 1.18 bits per heavy atom. The van der Waals surface area contributed by atoms with Gasteiger partial charge in [-0.2, -0.15) is 5.10 Å². The topological polar surface area (TPSA) is 110 Å². The number of aromatic nitrogens is 3. The van der Waals surface area contributed by atoms with Crippen molar-refractivity contribution in [3.8, 4) is 0 Å². The zero-order chi connectivity index (χ0) is 27.5. The van der Waals surface area contributed by atoms with Crippen molar-refractivity contribution in [1.82, 2.24) is 29.3 Å². The minimum atomic E-state index is -3.55. The fourth-order valence-corrected chi connectivity index (χ4v) is 6.15. The number of rotatable bonds is 15. The highest BCUT2D eigenvalue weighted by atomic mass is 32.2. The van der Waals surface area contributed by atoms with Crippen LogP contribution in [-0.2, 0) is 34.8 Å². The average molecular weight is 549 g/mol. The van der Waals surface area contributed by atoms with E-state index in [0.717, 1.165) is 50.9 Å². The van der Waals surface area contributed by atoms with Crippen LogP contribution in [0.1, 0.15) is 75.6 Å². The van der Waals surface area contributed by atoms with Gasteiger partial charge < -0.3 is 14.5 Å². The second-order valence-corrected chi connectivity index (χ2v) is 11.9. The van der Waals surface area contributed by atoms with E-state index in [0.29, 0.717) is 30.9 Å². The summed E-state index contributed by atoms with van der Waals surface area (Å²) in [5, 5.41) is 4.51. The lowest BCUT2D eigenvalue weighted by atomic mass is 10.1. The molecule has 1 fully saturated rings. The maximum absolute atomic E-state index is 13.0. The van der Waals surface area contributed by atoms with Gasteiger partial charge in [0.1, 0.15) is 0 Å². The van der Waals surface area contributed by atoms with E-state index in [-0.39, 0.29) is 24.5 Å². The number of carbonyl (C=O) groups is 1. The van der Waals surface area contributed by atoms with Gasteiger partial charge in [-0.15, -0.1) is 0 Å². The van der Waals surface area contributed by atoms with E-state index < -0.39 is 16.1 Å². The van der Waals surface area contributed by atoms with E-state index in [1.165, 1.54) is 0 Å². The largest absolute Gasteiger partial charge is 0.441 e. The third-order valence-corrected chi connectivity index (χ3v) is 8.80. The monoisotopic (exact) mass is 548 g/mol. The number of amides is 1. The summed E-state index contributed by atoms with van der Waals surface area (Å²) >= 11 is 0. The van der Waals surface area contributed by atoms with E-state index in [1.807, 2.05) is 30.3 Å². The van der Waals surface area contributed by atoms with Crippen LogP contribution in [0.25, 0.3) is 0 Å². The molecule has 212 valence electrons. The van der Waals surface area contributed by atoms with Gasteiger partial charge in [0, 0.05) is 20.1 Å². The summed E-state index contributed by atoms with van der Waals surface area (Å²) < 4.78 is 36.0. The molecule has 38 heavy (non-hydrogen) atoms. The number of sulfonamides is 1. The molecule has 0 saturated heterocycles. The first-order valence-electron chi connectivity index (χ1n) is 13.8. The van der Waals surface area contributed by atoms with E-state index in [9.17, 15) is 13.2 Å². The normalized spacial score (nSPS) is 15.2. The van der Waals surface area contributed by atoms with E-state index in [2.05, 4.69) is 33.6 Å². The average Bonchev–Trinajstić information content (AvgIpc) is 3.58. The lowest BCUT2D eigenvalue weighted by Gasteiger charge is -2.23. The summed E-state index contributed by atoms with van der Waals surface area (Å²) in [6.07, 6.45) is 5.60. The quantitative estimate of drug-likeness (QED) is 0.362. The highest BCUT2D eigenvalue weighted by Gasteiger charge is 2.27. The number of carbonyl (C=O) groups excluding carboxylic acids is 1. The zero-order valence-corrected chi connectivity index (χ0v) is 24.1. The van der Waals surface area contributed by atoms with Gasteiger partial charge in [0.05, 0.1) is 11.8 Å². The summed E-state index contributed by atoms with van der Waals surface area (Å²) in [7, 11) is -0.0512. The molecule has 0 aliphatic heterocycles. The molecule has 1 aromatic carbocycles. The van der Waals surface area contributed by atoms with Crippen molar-refractivity contribution < 1.29 is 17.9 Å². The molecule has 3 rings (SSSR count). The summed E-state index contributed by atoms with van der Waals surface area (Å²) in [6.45, 7) is 6.64. The van der Waals surface area contributed by atoms with Crippen LogP contribution in [-0.4, -0.2) is 77.6 Å². The fraction of sp³-hybridized carbons (Fsp3) is 0.667. The number of ether oxygens (including phenoxy) is 1. The number of nitrogens with one attached hydrogen (secondary N) is 1.